The second-order valence-corrected chi connectivity index (χ2v) is 7.39. The Kier molecular flexibility index (Phi) is 6.48. The van der Waals surface area contributed by atoms with E-state index in [1.165, 1.54) is 12.8 Å². The Morgan fingerprint density at radius 1 is 1.36 bits per heavy atom. The van der Waals surface area contributed by atoms with Crippen molar-refractivity contribution in [1.29, 1.82) is 0 Å². The van der Waals surface area contributed by atoms with E-state index in [0.29, 0.717) is 6.61 Å². The summed E-state index contributed by atoms with van der Waals surface area (Å²) in [5, 5.41) is 4.38. The number of aromatic nitrogens is 2. The molecule has 6 nitrogen and oxygen atoms in total. The summed E-state index contributed by atoms with van der Waals surface area (Å²) in [6, 6.07) is 0.206. The number of piperidine rings is 1. The number of hydrogen-bond acceptors (Lipinski definition) is 4. The Labute approximate surface area is 150 Å². The maximum atomic E-state index is 12.9. The van der Waals surface area contributed by atoms with Gasteiger partial charge >= 0.3 is 0 Å². The van der Waals surface area contributed by atoms with Gasteiger partial charge in [0.1, 0.15) is 6.10 Å². The van der Waals surface area contributed by atoms with Crippen molar-refractivity contribution < 1.29 is 14.3 Å². The van der Waals surface area contributed by atoms with Gasteiger partial charge in [0.05, 0.1) is 31.5 Å². The first-order valence-electron chi connectivity index (χ1n) is 9.66. The van der Waals surface area contributed by atoms with Gasteiger partial charge < -0.3 is 14.4 Å². The third kappa shape index (κ3) is 5.05. The molecule has 25 heavy (non-hydrogen) atoms. The van der Waals surface area contributed by atoms with Gasteiger partial charge in [-0.1, -0.05) is 0 Å². The minimum Gasteiger partial charge on any atom is -0.376 e. The fourth-order valence-electron chi connectivity index (χ4n) is 3.76. The van der Waals surface area contributed by atoms with E-state index in [0.717, 1.165) is 50.9 Å². The van der Waals surface area contributed by atoms with Crippen LogP contribution in [0.25, 0.3) is 0 Å². The van der Waals surface area contributed by atoms with E-state index in [9.17, 15) is 4.79 Å². The van der Waals surface area contributed by atoms with Crippen LogP contribution in [0.4, 0.5) is 0 Å². The molecule has 0 radical (unpaired) electrons. The number of hydrogen-bond donors (Lipinski definition) is 0. The zero-order valence-electron chi connectivity index (χ0n) is 15.5. The second-order valence-electron chi connectivity index (χ2n) is 7.39. The van der Waals surface area contributed by atoms with E-state index in [-0.39, 0.29) is 18.1 Å². The molecule has 3 atom stereocenters. The van der Waals surface area contributed by atoms with E-state index >= 15 is 0 Å². The van der Waals surface area contributed by atoms with Crippen molar-refractivity contribution in [3.05, 3.63) is 18.0 Å². The molecule has 1 aromatic rings. The van der Waals surface area contributed by atoms with Crippen molar-refractivity contribution in [3.8, 4) is 0 Å². The number of carbonyl (C=O) groups excluding carboxylic acids is 1. The van der Waals surface area contributed by atoms with Gasteiger partial charge in [0.25, 0.3) is 5.91 Å². The molecule has 2 aliphatic rings. The topological polar surface area (TPSA) is 56.6 Å². The van der Waals surface area contributed by atoms with Gasteiger partial charge in [-0.15, -0.1) is 0 Å². The van der Waals surface area contributed by atoms with Gasteiger partial charge in [0.2, 0.25) is 0 Å². The quantitative estimate of drug-likeness (QED) is 0.792. The first-order valence-corrected chi connectivity index (χ1v) is 9.66. The Bertz CT molecular complexity index is 554. The zero-order chi connectivity index (χ0) is 17.6. The van der Waals surface area contributed by atoms with Gasteiger partial charge in [-0.2, -0.15) is 5.10 Å². The van der Waals surface area contributed by atoms with Crippen molar-refractivity contribution in [3.63, 3.8) is 0 Å². The lowest BCUT2D eigenvalue weighted by molar-refractivity contribution is -0.150. The van der Waals surface area contributed by atoms with Gasteiger partial charge in [-0.05, 0) is 57.9 Å². The van der Waals surface area contributed by atoms with Crippen LogP contribution in [0.15, 0.2) is 12.4 Å². The molecule has 0 N–H and O–H groups in total. The van der Waals surface area contributed by atoms with Crippen LogP contribution in [0.3, 0.4) is 0 Å². The van der Waals surface area contributed by atoms with Gasteiger partial charge in [0, 0.05) is 19.3 Å². The summed E-state index contributed by atoms with van der Waals surface area (Å²) in [7, 11) is 0. The molecule has 2 fully saturated rings. The van der Waals surface area contributed by atoms with Crippen LogP contribution in [0.2, 0.25) is 0 Å². The maximum Gasteiger partial charge on any atom is 0.251 e. The smallest absolute Gasteiger partial charge is 0.251 e. The molecule has 140 valence electrons. The van der Waals surface area contributed by atoms with Crippen molar-refractivity contribution >= 4 is 5.91 Å². The number of ether oxygens (including phenoxy) is 2. The Balaban J connectivity index is 1.53. The lowest BCUT2D eigenvalue weighted by Gasteiger charge is -2.37. The molecule has 3 heterocycles. The van der Waals surface area contributed by atoms with E-state index in [1.807, 2.05) is 35.8 Å². The van der Waals surface area contributed by atoms with Crippen molar-refractivity contribution in [1.82, 2.24) is 14.7 Å². The second kappa shape index (κ2) is 8.81. The third-order valence-corrected chi connectivity index (χ3v) is 5.22. The van der Waals surface area contributed by atoms with Crippen LogP contribution in [0.1, 0.15) is 51.0 Å². The molecule has 0 aromatic carbocycles. The molecular weight excluding hydrogens is 318 g/mol. The number of likely N-dealkylation sites (tertiary alicyclic amines) is 1. The summed E-state index contributed by atoms with van der Waals surface area (Å²) in [6.07, 6.45) is 10.3. The molecule has 0 saturated carbocycles. The van der Waals surface area contributed by atoms with E-state index in [1.54, 1.807) is 0 Å². The summed E-state index contributed by atoms with van der Waals surface area (Å²) in [6.45, 7) is 6.82. The van der Waals surface area contributed by atoms with Crippen LogP contribution in [0.5, 0.6) is 0 Å². The molecule has 1 amide bonds. The molecule has 6 heteroatoms. The van der Waals surface area contributed by atoms with E-state index in [2.05, 4.69) is 5.10 Å². The van der Waals surface area contributed by atoms with Crippen LogP contribution >= 0.6 is 0 Å². The van der Waals surface area contributed by atoms with Gasteiger partial charge in [-0.3, -0.25) is 9.48 Å². The van der Waals surface area contributed by atoms with Crippen LogP contribution in [-0.4, -0.2) is 58.6 Å². The highest BCUT2D eigenvalue weighted by Gasteiger charge is 2.31. The largest absolute Gasteiger partial charge is 0.376 e. The molecule has 2 saturated heterocycles. The number of carbonyl (C=O) groups is 1. The average Bonchev–Trinajstić information content (AvgIpc) is 3.05. The number of nitrogens with zero attached hydrogens (tertiary/aromatic N) is 3. The van der Waals surface area contributed by atoms with Gasteiger partial charge in [-0.25, -0.2) is 0 Å². The lowest BCUT2D eigenvalue weighted by Crippen LogP contribution is -2.50. The highest BCUT2D eigenvalue weighted by molar-refractivity contribution is 5.81. The molecule has 1 aromatic heterocycles. The molecule has 0 bridgehead atoms. The number of aryl methyl sites for hydroxylation is 1. The Morgan fingerprint density at radius 2 is 2.20 bits per heavy atom. The highest BCUT2D eigenvalue weighted by atomic mass is 16.5. The normalized spacial score (nSPS) is 25.8. The maximum absolute atomic E-state index is 12.9. The lowest BCUT2D eigenvalue weighted by atomic mass is 10.0. The van der Waals surface area contributed by atoms with Crippen molar-refractivity contribution in [2.75, 3.05) is 19.8 Å². The highest BCUT2D eigenvalue weighted by Crippen LogP contribution is 2.21. The summed E-state index contributed by atoms with van der Waals surface area (Å²) in [5.41, 5.74) is 1.15. The zero-order valence-corrected chi connectivity index (χ0v) is 15.5. The third-order valence-electron chi connectivity index (χ3n) is 5.22. The average molecular weight is 349 g/mol. The van der Waals surface area contributed by atoms with Crippen molar-refractivity contribution in [2.45, 2.75) is 77.2 Å². The van der Waals surface area contributed by atoms with Crippen LogP contribution in [-0.2, 0) is 20.8 Å². The predicted octanol–water partition coefficient (Wildman–Crippen LogP) is 2.55. The summed E-state index contributed by atoms with van der Waals surface area (Å²) in [5.74, 6) is 0.101. The Morgan fingerprint density at radius 3 is 2.92 bits per heavy atom. The minimum absolute atomic E-state index is 0.101. The SMILES string of the molecule is Cc1cnn(C[C@@H]2CCCCN2C(=O)[C@@H](C)OC[C@H]2CCCCO2)c1. The molecule has 0 spiro atoms. The fraction of sp³-hybridized carbons (Fsp3) is 0.789. The molecule has 0 unspecified atom stereocenters. The molecule has 0 aliphatic carbocycles. The fourth-order valence-corrected chi connectivity index (χ4v) is 3.76. The summed E-state index contributed by atoms with van der Waals surface area (Å²) < 4.78 is 13.5. The molecular formula is C19H31N3O3. The van der Waals surface area contributed by atoms with Crippen LogP contribution < -0.4 is 0 Å². The first kappa shape index (κ1) is 18.4. The summed E-state index contributed by atoms with van der Waals surface area (Å²) >= 11 is 0. The number of amides is 1. The molecule has 3 rings (SSSR count). The first-order chi connectivity index (χ1) is 12.1. The number of rotatable bonds is 6. The van der Waals surface area contributed by atoms with Gasteiger partial charge in [0.15, 0.2) is 0 Å². The standard InChI is InChI=1S/C19H31N3O3/c1-15-11-20-21(12-15)13-17-7-3-5-9-22(17)19(23)16(2)25-14-18-8-4-6-10-24-18/h11-12,16-18H,3-10,13-14H2,1-2H3/t16-,17+,18-/m1/s1. The molecule has 2 aliphatic heterocycles. The Hall–Kier alpha value is -1.40. The van der Waals surface area contributed by atoms with E-state index < -0.39 is 6.10 Å². The monoisotopic (exact) mass is 349 g/mol. The summed E-state index contributed by atoms with van der Waals surface area (Å²) in [4.78, 5) is 14.9. The van der Waals surface area contributed by atoms with Crippen molar-refractivity contribution in [2.24, 2.45) is 0 Å². The van der Waals surface area contributed by atoms with Crippen LogP contribution in [0, 0.1) is 6.92 Å². The minimum atomic E-state index is -0.412. The predicted molar refractivity (Wildman–Crippen MR) is 95.3 cm³/mol. The van der Waals surface area contributed by atoms with E-state index in [4.69, 9.17) is 9.47 Å².